The van der Waals surface area contributed by atoms with Gasteiger partial charge in [0.2, 0.25) is 11.8 Å². The fourth-order valence-corrected chi connectivity index (χ4v) is 3.49. The van der Waals surface area contributed by atoms with Gasteiger partial charge in [0.25, 0.3) is 0 Å². The molecule has 2 unspecified atom stereocenters. The van der Waals surface area contributed by atoms with E-state index in [4.69, 9.17) is 11.2 Å². The number of benzene rings is 1. The maximum atomic E-state index is 12.7. The van der Waals surface area contributed by atoms with Gasteiger partial charge >= 0.3 is 0 Å². The van der Waals surface area contributed by atoms with Crippen LogP contribution in [0, 0.1) is 12.3 Å². The van der Waals surface area contributed by atoms with Crippen LogP contribution in [0.4, 0.5) is 5.69 Å². The summed E-state index contributed by atoms with van der Waals surface area (Å²) in [7, 11) is 0. The number of carbonyl (C=O) groups is 2. The molecule has 7 nitrogen and oxygen atoms in total. The van der Waals surface area contributed by atoms with E-state index in [1.807, 2.05) is 43.0 Å². The third kappa shape index (κ3) is 5.88. The second-order valence-corrected chi connectivity index (χ2v) is 7.85. The summed E-state index contributed by atoms with van der Waals surface area (Å²) < 4.78 is 5.59. The Balaban J connectivity index is 1.51. The lowest BCUT2D eigenvalue weighted by Crippen LogP contribution is -2.50. The van der Waals surface area contributed by atoms with Gasteiger partial charge in [-0.3, -0.25) is 9.59 Å². The van der Waals surface area contributed by atoms with Gasteiger partial charge in [0, 0.05) is 37.9 Å². The fourth-order valence-electron chi connectivity index (χ4n) is 3.49. The lowest BCUT2D eigenvalue weighted by Gasteiger charge is -2.37. The fraction of sp³-hybridized carbons (Fsp3) is 0.545. The zero-order valence-electron chi connectivity index (χ0n) is 17.1. The number of carbonyl (C=O) groups excluding carboxylic acids is 2. The van der Waals surface area contributed by atoms with Crippen LogP contribution in [0.15, 0.2) is 34.5 Å². The van der Waals surface area contributed by atoms with Gasteiger partial charge in [-0.1, -0.05) is 12.1 Å². The van der Waals surface area contributed by atoms with Gasteiger partial charge < -0.3 is 15.0 Å². The summed E-state index contributed by atoms with van der Waals surface area (Å²) in [5.41, 5.74) is 1.10. The molecular weight excluding hydrogens is 368 g/mol. The second-order valence-electron chi connectivity index (χ2n) is 7.85. The number of anilines is 1. The summed E-state index contributed by atoms with van der Waals surface area (Å²) >= 11 is 0. The Hall–Kier alpha value is -2.72. The van der Waals surface area contributed by atoms with Crippen molar-refractivity contribution < 1.29 is 14.3 Å². The predicted octanol–water partition coefficient (Wildman–Crippen LogP) is 3.16. The molecule has 154 valence electrons. The van der Waals surface area contributed by atoms with E-state index in [0.717, 1.165) is 5.56 Å². The highest BCUT2D eigenvalue weighted by Gasteiger charge is 2.39. The summed E-state index contributed by atoms with van der Waals surface area (Å²) in [6.07, 6.45) is 7.81. The highest BCUT2D eigenvalue weighted by Crippen LogP contribution is 2.37. The van der Waals surface area contributed by atoms with Crippen LogP contribution >= 0.6 is 0 Å². The lowest BCUT2D eigenvalue weighted by atomic mass is 10.0. The Morgan fingerprint density at radius 1 is 1.34 bits per heavy atom. The van der Waals surface area contributed by atoms with Crippen molar-refractivity contribution in [2.45, 2.75) is 63.8 Å². The van der Waals surface area contributed by atoms with Crippen molar-refractivity contribution in [1.82, 2.24) is 4.90 Å². The average Bonchev–Trinajstić information content (AvgIpc) is 3.47. The molecule has 2 aliphatic rings. The largest absolute Gasteiger partial charge is 0.375 e. The van der Waals surface area contributed by atoms with Crippen molar-refractivity contribution >= 4 is 17.5 Å². The van der Waals surface area contributed by atoms with Gasteiger partial charge in [-0.25, -0.2) is 0 Å². The second kappa shape index (κ2) is 9.19. The molecule has 2 aliphatic heterocycles. The standard InChI is InChI=1S/C22H28N4O3/c1-4-5-10-22(24-25-22)11-9-20(27)23-19-8-6-7-18(12-19)13-21(28)26-14-17(3)29-15-16(26)2/h1,6-8,12,16-17H,5,9-11,13-15H2,2-3H3,(H,23,27). The van der Waals surface area contributed by atoms with Crippen molar-refractivity contribution in [2.24, 2.45) is 10.2 Å². The minimum Gasteiger partial charge on any atom is -0.375 e. The van der Waals surface area contributed by atoms with Crippen LogP contribution in [-0.4, -0.2) is 47.7 Å². The van der Waals surface area contributed by atoms with E-state index in [-0.39, 0.29) is 24.0 Å². The first-order valence-corrected chi connectivity index (χ1v) is 10.1. The van der Waals surface area contributed by atoms with E-state index in [0.29, 0.717) is 50.9 Å². The molecular formula is C22H28N4O3. The van der Waals surface area contributed by atoms with Crippen LogP contribution in [0.1, 0.15) is 45.1 Å². The summed E-state index contributed by atoms with van der Waals surface area (Å²) in [4.78, 5) is 26.9. The van der Waals surface area contributed by atoms with Crippen LogP contribution in [0.3, 0.4) is 0 Å². The summed E-state index contributed by atoms with van der Waals surface area (Å²) in [6, 6.07) is 7.50. The summed E-state index contributed by atoms with van der Waals surface area (Å²) in [5.74, 6) is 2.56. The molecule has 1 saturated heterocycles. The van der Waals surface area contributed by atoms with Crippen LogP contribution < -0.4 is 5.32 Å². The molecule has 0 aromatic heterocycles. The molecule has 1 fully saturated rings. The highest BCUT2D eigenvalue weighted by molar-refractivity contribution is 5.91. The van der Waals surface area contributed by atoms with Crippen molar-refractivity contribution in [3.05, 3.63) is 29.8 Å². The third-order valence-corrected chi connectivity index (χ3v) is 5.30. The van der Waals surface area contributed by atoms with Crippen LogP contribution in [0.5, 0.6) is 0 Å². The zero-order valence-corrected chi connectivity index (χ0v) is 17.1. The van der Waals surface area contributed by atoms with Crippen molar-refractivity contribution in [3.8, 4) is 12.3 Å². The first-order valence-electron chi connectivity index (χ1n) is 10.1. The van der Waals surface area contributed by atoms with E-state index in [1.54, 1.807) is 0 Å². The molecule has 0 saturated carbocycles. The number of hydrogen-bond donors (Lipinski definition) is 1. The molecule has 0 radical (unpaired) electrons. The minimum atomic E-state index is -0.454. The summed E-state index contributed by atoms with van der Waals surface area (Å²) in [5, 5.41) is 11.0. The van der Waals surface area contributed by atoms with E-state index in [9.17, 15) is 9.59 Å². The molecule has 29 heavy (non-hydrogen) atoms. The first-order chi connectivity index (χ1) is 13.9. The monoisotopic (exact) mass is 396 g/mol. The molecule has 2 heterocycles. The molecule has 1 aromatic rings. The van der Waals surface area contributed by atoms with Crippen molar-refractivity contribution in [1.29, 1.82) is 0 Å². The van der Waals surface area contributed by atoms with E-state index >= 15 is 0 Å². The minimum absolute atomic E-state index is 0.0506. The molecule has 7 heteroatoms. The number of rotatable bonds is 8. The Kier molecular flexibility index (Phi) is 6.65. The van der Waals surface area contributed by atoms with Gasteiger partial charge in [-0.2, -0.15) is 10.2 Å². The van der Waals surface area contributed by atoms with Gasteiger partial charge in [0.15, 0.2) is 5.66 Å². The molecule has 0 spiro atoms. The van der Waals surface area contributed by atoms with Crippen LogP contribution in [-0.2, 0) is 20.7 Å². The average molecular weight is 396 g/mol. The number of nitrogens with one attached hydrogen (secondary N) is 1. The first kappa shape index (κ1) is 21.0. The molecule has 1 N–H and O–H groups in total. The Labute approximate surface area is 171 Å². The molecule has 0 bridgehead atoms. The van der Waals surface area contributed by atoms with E-state index in [2.05, 4.69) is 21.5 Å². The molecule has 1 aromatic carbocycles. The zero-order chi connectivity index (χ0) is 20.9. The van der Waals surface area contributed by atoms with Crippen molar-refractivity contribution in [3.63, 3.8) is 0 Å². The van der Waals surface area contributed by atoms with Crippen LogP contribution in [0.25, 0.3) is 0 Å². The van der Waals surface area contributed by atoms with Gasteiger partial charge in [0.05, 0.1) is 25.2 Å². The Morgan fingerprint density at radius 3 is 2.86 bits per heavy atom. The number of terminal acetylenes is 1. The normalized spacial score (nSPS) is 22.0. The topological polar surface area (TPSA) is 83.4 Å². The Morgan fingerprint density at radius 2 is 2.14 bits per heavy atom. The summed E-state index contributed by atoms with van der Waals surface area (Å²) in [6.45, 7) is 5.13. The van der Waals surface area contributed by atoms with E-state index in [1.165, 1.54) is 0 Å². The molecule has 2 atom stereocenters. The highest BCUT2D eigenvalue weighted by atomic mass is 16.5. The van der Waals surface area contributed by atoms with Gasteiger partial charge in [-0.05, 0) is 31.5 Å². The van der Waals surface area contributed by atoms with Crippen molar-refractivity contribution in [2.75, 3.05) is 18.5 Å². The van der Waals surface area contributed by atoms with Gasteiger partial charge in [0.1, 0.15) is 0 Å². The number of ether oxygens (including phenoxy) is 1. The lowest BCUT2D eigenvalue weighted by molar-refractivity contribution is -0.142. The predicted molar refractivity (Wildman–Crippen MR) is 110 cm³/mol. The SMILES string of the molecule is C#CCCC1(CCC(=O)Nc2cccc(CC(=O)N3CC(C)OCC3C)c2)N=N1. The number of hydrogen-bond acceptors (Lipinski definition) is 5. The number of nitrogens with zero attached hydrogens (tertiary/aromatic N) is 3. The smallest absolute Gasteiger partial charge is 0.227 e. The third-order valence-electron chi connectivity index (χ3n) is 5.30. The number of amides is 2. The maximum absolute atomic E-state index is 12.7. The molecule has 2 amide bonds. The van der Waals surface area contributed by atoms with Crippen LogP contribution in [0.2, 0.25) is 0 Å². The van der Waals surface area contributed by atoms with Gasteiger partial charge in [-0.15, -0.1) is 12.3 Å². The number of morpholine rings is 1. The maximum Gasteiger partial charge on any atom is 0.227 e. The molecule has 3 rings (SSSR count). The molecule has 0 aliphatic carbocycles. The van der Waals surface area contributed by atoms with E-state index < -0.39 is 5.66 Å². The quantitative estimate of drug-likeness (QED) is 0.685. The Bertz CT molecular complexity index is 824.